The van der Waals surface area contributed by atoms with E-state index in [1.54, 1.807) is 12.3 Å². The highest BCUT2D eigenvalue weighted by Crippen LogP contribution is 2.39. The van der Waals surface area contributed by atoms with Gasteiger partial charge in [0.2, 0.25) is 5.91 Å². The van der Waals surface area contributed by atoms with E-state index in [1.807, 2.05) is 11.0 Å². The summed E-state index contributed by atoms with van der Waals surface area (Å²) in [5.41, 5.74) is 0.576. The average Bonchev–Trinajstić information content (AvgIpc) is 3.39. The molecule has 1 aromatic rings. The second-order valence-electron chi connectivity index (χ2n) is 6.85. The molecule has 23 heavy (non-hydrogen) atoms. The lowest BCUT2D eigenvalue weighted by molar-refractivity contribution is -0.141. The zero-order chi connectivity index (χ0) is 16.0. The maximum atomic E-state index is 12.7. The van der Waals surface area contributed by atoms with Crippen LogP contribution < -0.4 is 0 Å². The first-order valence-electron chi connectivity index (χ1n) is 8.43. The molecule has 3 aliphatic rings. The minimum Gasteiger partial charge on any atom is -0.352 e. The lowest BCUT2D eigenvalue weighted by Gasteiger charge is -2.47. The first kappa shape index (κ1) is 14.9. The van der Waals surface area contributed by atoms with E-state index in [-0.39, 0.29) is 5.91 Å². The number of pyridine rings is 1. The lowest BCUT2D eigenvalue weighted by Crippen LogP contribution is -2.57. The molecule has 0 radical (unpaired) electrons. The van der Waals surface area contributed by atoms with Gasteiger partial charge in [0.15, 0.2) is 0 Å². The zero-order valence-corrected chi connectivity index (χ0v) is 13.8. The first-order chi connectivity index (χ1) is 11.1. The molecule has 2 unspecified atom stereocenters. The highest BCUT2D eigenvalue weighted by Gasteiger charge is 2.45. The quantitative estimate of drug-likeness (QED) is 0.847. The van der Waals surface area contributed by atoms with Crippen LogP contribution in [0.25, 0.3) is 0 Å². The Bertz CT molecular complexity index is 697. The van der Waals surface area contributed by atoms with Crippen molar-refractivity contribution >= 4 is 24.0 Å². The number of nitrogens with zero attached hydrogens (tertiary/aromatic N) is 2. The Kier molecular flexibility index (Phi) is 3.71. The van der Waals surface area contributed by atoms with E-state index >= 15 is 0 Å². The monoisotopic (exact) mass is 331 g/mol. The summed E-state index contributed by atoms with van der Waals surface area (Å²) in [6.07, 6.45) is 6.46. The van der Waals surface area contributed by atoms with Gasteiger partial charge in [0, 0.05) is 37.8 Å². The highest BCUT2D eigenvalue weighted by molar-refractivity contribution is 7.71. The molecule has 0 spiro atoms. The lowest BCUT2D eigenvalue weighted by atomic mass is 9.83. The van der Waals surface area contributed by atoms with Crippen LogP contribution in [0.1, 0.15) is 42.5 Å². The van der Waals surface area contributed by atoms with Gasteiger partial charge in [0.05, 0.1) is 5.56 Å². The smallest absolute Gasteiger partial charge is 0.256 e. The van der Waals surface area contributed by atoms with E-state index < -0.39 is 0 Å². The largest absolute Gasteiger partial charge is 0.352 e. The van der Waals surface area contributed by atoms with Crippen LogP contribution in [-0.2, 0) is 4.79 Å². The van der Waals surface area contributed by atoms with E-state index in [4.69, 9.17) is 12.2 Å². The summed E-state index contributed by atoms with van der Waals surface area (Å²) >= 11 is 5.23. The third kappa shape index (κ3) is 2.69. The normalized spacial score (nSPS) is 27.7. The van der Waals surface area contributed by atoms with Gasteiger partial charge >= 0.3 is 0 Å². The maximum absolute atomic E-state index is 12.7. The summed E-state index contributed by atoms with van der Waals surface area (Å²) in [5.74, 6) is 0.742. The van der Waals surface area contributed by atoms with Crippen LogP contribution in [0.4, 0.5) is 0 Å². The van der Waals surface area contributed by atoms with E-state index in [2.05, 4.69) is 9.88 Å². The number of aromatic amines is 1. The van der Waals surface area contributed by atoms with Gasteiger partial charge in [-0.3, -0.25) is 9.59 Å². The Hall–Kier alpha value is -1.69. The Balaban J connectivity index is 1.51. The minimum absolute atomic E-state index is 0.0140. The Morgan fingerprint density at radius 3 is 2.83 bits per heavy atom. The molecule has 6 heteroatoms. The summed E-state index contributed by atoms with van der Waals surface area (Å²) in [6.45, 7) is 1.45. The van der Waals surface area contributed by atoms with Crippen LogP contribution >= 0.6 is 12.2 Å². The van der Waals surface area contributed by atoms with Crippen LogP contribution in [0.3, 0.4) is 0 Å². The summed E-state index contributed by atoms with van der Waals surface area (Å²) in [4.78, 5) is 32.0. The summed E-state index contributed by atoms with van der Waals surface area (Å²) in [5, 5.41) is 0. The van der Waals surface area contributed by atoms with Crippen molar-refractivity contribution in [1.29, 1.82) is 0 Å². The Labute approximate surface area is 140 Å². The van der Waals surface area contributed by atoms with Crippen molar-refractivity contribution in [2.45, 2.75) is 44.2 Å². The van der Waals surface area contributed by atoms with Crippen molar-refractivity contribution < 1.29 is 9.59 Å². The van der Waals surface area contributed by atoms with Crippen LogP contribution in [0.5, 0.6) is 0 Å². The number of amides is 2. The molecule has 0 bridgehead atoms. The molecular weight excluding hydrogens is 310 g/mol. The summed E-state index contributed by atoms with van der Waals surface area (Å²) < 4.78 is 0.498. The molecule has 2 amide bonds. The van der Waals surface area contributed by atoms with Crippen LogP contribution in [0, 0.1) is 10.6 Å². The molecular formula is C17H21N3O2S. The second kappa shape index (κ2) is 5.74. The molecule has 3 heterocycles. The number of rotatable bonds is 2. The summed E-state index contributed by atoms with van der Waals surface area (Å²) in [7, 11) is 0. The van der Waals surface area contributed by atoms with Crippen molar-refractivity contribution in [2.24, 2.45) is 5.92 Å². The summed E-state index contributed by atoms with van der Waals surface area (Å²) in [6, 6.07) is 4.40. The Morgan fingerprint density at radius 2 is 2.09 bits per heavy atom. The van der Waals surface area contributed by atoms with Gasteiger partial charge in [-0.2, -0.15) is 0 Å². The number of likely N-dealkylation sites (tertiary alicyclic amines) is 2. The predicted molar refractivity (Wildman–Crippen MR) is 88.5 cm³/mol. The van der Waals surface area contributed by atoms with Gasteiger partial charge in [-0.25, -0.2) is 0 Å². The molecule has 5 nitrogen and oxygen atoms in total. The van der Waals surface area contributed by atoms with Crippen molar-refractivity contribution in [3.63, 3.8) is 0 Å². The minimum atomic E-state index is 0.0140. The van der Waals surface area contributed by atoms with E-state index in [0.29, 0.717) is 47.1 Å². The fraction of sp³-hybridized carbons (Fsp3) is 0.588. The van der Waals surface area contributed by atoms with Gasteiger partial charge < -0.3 is 14.8 Å². The van der Waals surface area contributed by atoms with Gasteiger partial charge in [0.25, 0.3) is 5.91 Å². The number of carbonyl (C=O) groups excluding carboxylic acids is 2. The number of carbonyl (C=O) groups is 2. The van der Waals surface area contributed by atoms with Crippen molar-refractivity contribution in [3.05, 3.63) is 28.5 Å². The van der Waals surface area contributed by atoms with Crippen LogP contribution in [-0.4, -0.2) is 51.8 Å². The van der Waals surface area contributed by atoms with E-state index in [0.717, 1.165) is 32.2 Å². The number of hydrogen-bond donors (Lipinski definition) is 1. The molecule has 1 aliphatic carbocycles. The molecule has 2 saturated heterocycles. The molecule has 122 valence electrons. The number of H-pyrrole nitrogens is 1. The molecule has 4 rings (SSSR count). The fourth-order valence-electron chi connectivity index (χ4n) is 4.06. The zero-order valence-electron chi connectivity index (χ0n) is 13.0. The molecule has 3 fully saturated rings. The molecule has 1 aromatic heterocycles. The van der Waals surface area contributed by atoms with Crippen LogP contribution in [0.15, 0.2) is 18.3 Å². The first-order valence-corrected chi connectivity index (χ1v) is 8.84. The van der Waals surface area contributed by atoms with Crippen molar-refractivity contribution in [3.8, 4) is 0 Å². The predicted octanol–water partition coefficient (Wildman–Crippen LogP) is 2.36. The van der Waals surface area contributed by atoms with Gasteiger partial charge in [-0.05, 0) is 43.7 Å². The van der Waals surface area contributed by atoms with E-state index in [1.165, 1.54) is 0 Å². The van der Waals surface area contributed by atoms with Crippen LogP contribution in [0.2, 0.25) is 0 Å². The number of aromatic nitrogens is 1. The molecule has 1 N–H and O–H groups in total. The number of fused-ring (bicyclic) bond motifs is 1. The van der Waals surface area contributed by atoms with Gasteiger partial charge in [-0.15, -0.1) is 0 Å². The van der Waals surface area contributed by atoms with Gasteiger partial charge in [0.1, 0.15) is 4.64 Å². The molecule has 2 aliphatic heterocycles. The van der Waals surface area contributed by atoms with Crippen molar-refractivity contribution in [1.82, 2.24) is 14.8 Å². The number of piperidine rings is 2. The van der Waals surface area contributed by atoms with E-state index in [9.17, 15) is 9.59 Å². The van der Waals surface area contributed by atoms with Crippen molar-refractivity contribution in [2.75, 3.05) is 13.1 Å². The SMILES string of the molecule is O=C(c1ccc[nH]c1=S)N1CCC2C(CCC(=O)N2C2CC2)C1. The second-order valence-corrected chi connectivity index (χ2v) is 7.26. The molecule has 1 saturated carbocycles. The number of hydrogen-bond acceptors (Lipinski definition) is 3. The molecule has 0 aromatic carbocycles. The third-order valence-corrected chi connectivity index (χ3v) is 5.68. The standard InChI is InChI=1S/C17H21N3O2S/c21-15-6-3-11-10-19(9-7-14(11)20(15)12-4-5-12)17(22)13-2-1-8-18-16(13)23/h1-2,8,11-12,14H,3-7,9-10H2,(H,18,23). The number of nitrogens with one attached hydrogen (secondary N) is 1. The fourth-order valence-corrected chi connectivity index (χ4v) is 4.29. The third-order valence-electron chi connectivity index (χ3n) is 5.34. The maximum Gasteiger partial charge on any atom is 0.256 e. The topological polar surface area (TPSA) is 56.4 Å². The highest BCUT2D eigenvalue weighted by atomic mass is 32.1. The Morgan fingerprint density at radius 1 is 1.26 bits per heavy atom. The molecule has 2 atom stereocenters. The van der Waals surface area contributed by atoms with Gasteiger partial charge in [-0.1, -0.05) is 12.2 Å². The average molecular weight is 331 g/mol.